The fourth-order valence-electron chi connectivity index (χ4n) is 3.53. The molecule has 0 spiro atoms. The third-order valence-electron chi connectivity index (χ3n) is 5.01. The number of fused-ring (bicyclic) bond motifs is 1. The first-order valence-corrected chi connectivity index (χ1v) is 11.0. The molecule has 0 saturated carbocycles. The van der Waals surface area contributed by atoms with Crippen LogP contribution in [0.25, 0.3) is 0 Å². The van der Waals surface area contributed by atoms with Crippen molar-refractivity contribution in [3.8, 4) is 0 Å². The summed E-state index contributed by atoms with van der Waals surface area (Å²) in [4.78, 5) is 15.9. The summed E-state index contributed by atoms with van der Waals surface area (Å²) in [6, 6.07) is 8.03. The van der Waals surface area contributed by atoms with E-state index < -0.39 is 15.9 Å². The van der Waals surface area contributed by atoms with Crippen molar-refractivity contribution in [1.29, 1.82) is 0 Å². The van der Waals surface area contributed by atoms with Gasteiger partial charge in [-0.2, -0.15) is 13.5 Å². The van der Waals surface area contributed by atoms with Crippen molar-refractivity contribution >= 4 is 29.4 Å². The van der Waals surface area contributed by atoms with Crippen molar-refractivity contribution in [1.82, 2.24) is 15.1 Å². The monoisotopic (exact) mass is 415 g/mol. The fourth-order valence-corrected chi connectivity index (χ4v) is 4.80. The number of β-amino-alcohol motifs (C(OH)–C–C–N with tert-alkyl or cyclic N) is 1. The van der Waals surface area contributed by atoms with Crippen LogP contribution < -0.4 is 5.32 Å². The number of rotatable bonds is 4. The third-order valence-corrected chi connectivity index (χ3v) is 6.73. The maximum absolute atomic E-state index is 12.2. The number of aliphatic hydroxyl groups excluding tert-OH is 1. The standard InChI is InChI=1S/C18H27N3O4S.H2S/c22-17(14-20-8-6-15-4-1-2-5-16(15)13-20)12-19-18(23)21-7-3-10-26(24,25)11-9-21;/h1-2,4-5,17,22H,3,6-14H2,(H,19,23);1H2/t17-;/m0./s1. The number of nitrogens with zero attached hydrogens (tertiary/aromatic N) is 2. The van der Waals surface area contributed by atoms with Crippen LogP contribution in [0.5, 0.6) is 0 Å². The Bertz CT molecular complexity index is 742. The van der Waals surface area contributed by atoms with Gasteiger partial charge in [0.05, 0.1) is 17.6 Å². The number of aliphatic hydroxyl groups is 1. The lowest BCUT2D eigenvalue weighted by molar-refractivity contribution is 0.103. The SMILES string of the molecule is O=C(NC[C@H](O)CN1CCc2ccccc2C1)N1CCCS(=O)(=O)CC1.S. The van der Waals surface area contributed by atoms with Gasteiger partial charge in [0.2, 0.25) is 0 Å². The summed E-state index contributed by atoms with van der Waals surface area (Å²) < 4.78 is 23.2. The zero-order valence-electron chi connectivity index (χ0n) is 15.4. The molecule has 2 aliphatic rings. The van der Waals surface area contributed by atoms with Crippen LogP contribution in [0.4, 0.5) is 4.79 Å². The molecular formula is C18H29N3O4S2. The molecule has 0 bridgehead atoms. The molecule has 2 N–H and O–H groups in total. The molecule has 3 rings (SSSR count). The minimum atomic E-state index is -3.04. The zero-order valence-corrected chi connectivity index (χ0v) is 17.2. The molecule has 27 heavy (non-hydrogen) atoms. The van der Waals surface area contributed by atoms with E-state index in [4.69, 9.17) is 0 Å². The Morgan fingerprint density at radius 2 is 1.89 bits per heavy atom. The number of hydrogen-bond donors (Lipinski definition) is 2. The Balaban J connectivity index is 0.00000261. The highest BCUT2D eigenvalue weighted by Gasteiger charge is 2.23. The van der Waals surface area contributed by atoms with E-state index in [1.54, 1.807) is 0 Å². The van der Waals surface area contributed by atoms with Crippen molar-refractivity contribution < 1.29 is 18.3 Å². The maximum Gasteiger partial charge on any atom is 0.317 e. The summed E-state index contributed by atoms with van der Waals surface area (Å²) in [6.07, 6.45) is 0.781. The van der Waals surface area contributed by atoms with E-state index in [1.807, 2.05) is 12.1 Å². The van der Waals surface area contributed by atoms with Gasteiger partial charge in [0.25, 0.3) is 0 Å². The number of sulfone groups is 1. The van der Waals surface area contributed by atoms with Gasteiger partial charge < -0.3 is 15.3 Å². The van der Waals surface area contributed by atoms with Crippen molar-refractivity contribution in [2.24, 2.45) is 0 Å². The average Bonchev–Trinajstić information content (AvgIpc) is 2.80. The van der Waals surface area contributed by atoms with E-state index in [1.165, 1.54) is 16.0 Å². The molecule has 0 radical (unpaired) electrons. The second-order valence-corrected chi connectivity index (χ2v) is 9.39. The summed E-state index contributed by atoms with van der Waals surface area (Å²) in [5.41, 5.74) is 2.66. The van der Waals surface area contributed by atoms with Crippen LogP contribution in [-0.2, 0) is 22.8 Å². The molecule has 0 unspecified atom stereocenters. The van der Waals surface area contributed by atoms with Gasteiger partial charge in [-0.1, -0.05) is 24.3 Å². The van der Waals surface area contributed by atoms with Gasteiger partial charge in [-0.15, -0.1) is 0 Å². The van der Waals surface area contributed by atoms with Gasteiger partial charge in [0.1, 0.15) is 0 Å². The molecule has 1 aromatic rings. The third kappa shape index (κ3) is 6.38. The second kappa shape index (κ2) is 9.77. The second-order valence-electron chi connectivity index (χ2n) is 7.09. The van der Waals surface area contributed by atoms with Crippen molar-refractivity contribution in [2.45, 2.75) is 25.5 Å². The molecule has 1 aromatic carbocycles. The Kier molecular flexibility index (Phi) is 7.96. The lowest BCUT2D eigenvalue weighted by atomic mass is 10.00. The van der Waals surface area contributed by atoms with Crippen LogP contribution >= 0.6 is 13.5 Å². The van der Waals surface area contributed by atoms with Crippen LogP contribution in [0.3, 0.4) is 0 Å². The molecule has 1 atom stereocenters. The van der Waals surface area contributed by atoms with Crippen LogP contribution in [0.1, 0.15) is 17.5 Å². The summed E-state index contributed by atoms with van der Waals surface area (Å²) >= 11 is 0. The van der Waals surface area contributed by atoms with Gasteiger partial charge in [-0.05, 0) is 24.0 Å². The first kappa shape index (κ1) is 22.0. The fraction of sp³-hybridized carbons (Fsp3) is 0.611. The lowest BCUT2D eigenvalue weighted by Crippen LogP contribution is -2.46. The van der Waals surface area contributed by atoms with Crippen LogP contribution in [0.15, 0.2) is 24.3 Å². The minimum absolute atomic E-state index is 0. The van der Waals surface area contributed by atoms with Crippen LogP contribution in [0.2, 0.25) is 0 Å². The summed E-state index contributed by atoms with van der Waals surface area (Å²) in [5.74, 6) is 0.145. The highest BCUT2D eigenvalue weighted by atomic mass is 32.2. The maximum atomic E-state index is 12.2. The van der Waals surface area contributed by atoms with E-state index in [2.05, 4.69) is 22.3 Å². The summed E-state index contributed by atoms with van der Waals surface area (Å²) in [6.45, 7) is 3.03. The van der Waals surface area contributed by atoms with E-state index in [9.17, 15) is 18.3 Å². The first-order chi connectivity index (χ1) is 12.4. The largest absolute Gasteiger partial charge is 0.390 e. The van der Waals surface area contributed by atoms with Gasteiger partial charge in [0.15, 0.2) is 9.84 Å². The average molecular weight is 416 g/mol. The molecule has 0 aliphatic carbocycles. The number of amides is 2. The van der Waals surface area contributed by atoms with E-state index in [-0.39, 0.29) is 44.1 Å². The predicted octanol–water partition coefficient (Wildman–Crippen LogP) is 0.348. The van der Waals surface area contributed by atoms with Crippen LogP contribution in [-0.4, -0.2) is 79.7 Å². The van der Waals surface area contributed by atoms with Gasteiger partial charge >= 0.3 is 6.03 Å². The molecule has 1 fully saturated rings. The minimum Gasteiger partial charge on any atom is -0.390 e. The van der Waals surface area contributed by atoms with E-state index in [0.29, 0.717) is 19.5 Å². The number of carbonyl (C=O) groups is 1. The summed E-state index contributed by atoms with van der Waals surface area (Å²) in [5, 5.41) is 13.0. The molecule has 2 aliphatic heterocycles. The Morgan fingerprint density at radius 1 is 1.15 bits per heavy atom. The van der Waals surface area contributed by atoms with Gasteiger partial charge in [0, 0.05) is 39.3 Å². The number of hydrogen-bond acceptors (Lipinski definition) is 5. The predicted molar refractivity (Wildman–Crippen MR) is 110 cm³/mol. The highest BCUT2D eigenvalue weighted by Crippen LogP contribution is 2.18. The normalized spacial score (nSPS) is 20.7. The van der Waals surface area contributed by atoms with Crippen molar-refractivity contribution in [3.05, 3.63) is 35.4 Å². The molecule has 0 aromatic heterocycles. The number of nitrogens with one attached hydrogen (secondary N) is 1. The molecule has 2 amide bonds. The van der Waals surface area contributed by atoms with E-state index in [0.717, 1.165) is 19.5 Å². The quantitative estimate of drug-likeness (QED) is 0.741. The number of urea groups is 1. The lowest BCUT2D eigenvalue weighted by Gasteiger charge is -2.30. The zero-order chi connectivity index (χ0) is 18.6. The summed E-state index contributed by atoms with van der Waals surface area (Å²) in [7, 11) is -3.04. The van der Waals surface area contributed by atoms with Crippen molar-refractivity contribution in [3.63, 3.8) is 0 Å². The number of carbonyl (C=O) groups excluding carboxylic acids is 1. The molecule has 152 valence electrons. The molecule has 9 heteroatoms. The topological polar surface area (TPSA) is 89.9 Å². The molecule has 1 saturated heterocycles. The van der Waals surface area contributed by atoms with Crippen molar-refractivity contribution in [2.75, 3.05) is 44.2 Å². The van der Waals surface area contributed by atoms with Gasteiger partial charge in [-0.3, -0.25) is 4.90 Å². The Morgan fingerprint density at radius 3 is 2.67 bits per heavy atom. The molecular weight excluding hydrogens is 386 g/mol. The highest BCUT2D eigenvalue weighted by molar-refractivity contribution is 7.91. The first-order valence-electron chi connectivity index (χ1n) is 9.13. The molecule has 2 heterocycles. The Hall–Kier alpha value is -1.29. The smallest absolute Gasteiger partial charge is 0.317 e. The number of benzene rings is 1. The van der Waals surface area contributed by atoms with Crippen LogP contribution in [0, 0.1) is 0 Å². The Labute approximate surface area is 168 Å². The van der Waals surface area contributed by atoms with E-state index >= 15 is 0 Å². The molecule has 7 nitrogen and oxygen atoms in total. The van der Waals surface area contributed by atoms with Gasteiger partial charge in [-0.25, -0.2) is 13.2 Å².